The molecule has 4 aliphatic rings. The number of carboxylic acid groups (broad SMARTS) is 1. The molecule has 0 aromatic rings. The number of halogens is 2. The lowest BCUT2D eigenvalue weighted by molar-refractivity contribution is -0.306. The second-order valence-corrected chi connectivity index (χ2v) is 11.5. The predicted octanol–water partition coefficient (Wildman–Crippen LogP) is 3.16. The number of carbonyl (C=O) groups is 2. The Hall–Kier alpha value is -1.12. The van der Waals surface area contributed by atoms with Crippen LogP contribution in [0.1, 0.15) is 78.6 Å². The Kier molecular flexibility index (Phi) is 5.40. The van der Waals surface area contributed by atoms with Crippen molar-refractivity contribution in [1.82, 2.24) is 0 Å². The molecule has 0 bridgehead atoms. The van der Waals surface area contributed by atoms with Gasteiger partial charge in [-0.05, 0) is 43.4 Å². The topological polar surface area (TPSA) is 115 Å². The van der Waals surface area contributed by atoms with Gasteiger partial charge in [0.05, 0.1) is 6.10 Å². The smallest absolute Gasteiger partial charge is 0.315 e. The zero-order valence-corrected chi connectivity index (χ0v) is 19.1. The Bertz CT molecular complexity index is 818. The van der Waals surface area contributed by atoms with Gasteiger partial charge in [0.25, 0.3) is 0 Å². The molecule has 0 aliphatic heterocycles. The van der Waals surface area contributed by atoms with Gasteiger partial charge in [0, 0.05) is 36.5 Å². The molecular formula is C24H36F2O6. The Balaban J connectivity index is 1.83. The summed E-state index contributed by atoms with van der Waals surface area (Å²) in [6, 6.07) is 0. The first-order chi connectivity index (χ1) is 14.7. The number of aliphatic carboxylic acids is 1. The first-order valence-corrected chi connectivity index (χ1v) is 11.9. The Morgan fingerprint density at radius 2 is 1.81 bits per heavy atom. The molecule has 4 unspecified atom stereocenters. The van der Waals surface area contributed by atoms with Crippen LogP contribution in [0.15, 0.2) is 0 Å². The zero-order chi connectivity index (χ0) is 23.9. The number of aliphatic hydroxyl groups excluding tert-OH is 1. The van der Waals surface area contributed by atoms with Gasteiger partial charge in [-0.1, -0.05) is 27.2 Å². The molecule has 32 heavy (non-hydrogen) atoms. The number of alkyl halides is 2. The molecule has 8 heteroatoms. The quantitative estimate of drug-likeness (QED) is 0.481. The minimum absolute atomic E-state index is 0.0450. The third kappa shape index (κ3) is 2.60. The van der Waals surface area contributed by atoms with E-state index in [1.807, 2.05) is 0 Å². The van der Waals surface area contributed by atoms with Crippen molar-refractivity contribution in [3.63, 3.8) is 0 Å². The summed E-state index contributed by atoms with van der Waals surface area (Å²) in [5.74, 6) is -6.41. The number of carbonyl (C=O) groups excluding carboxylic acids is 1. The van der Waals surface area contributed by atoms with E-state index < -0.39 is 63.7 Å². The van der Waals surface area contributed by atoms with Crippen molar-refractivity contribution in [2.75, 3.05) is 0 Å². The summed E-state index contributed by atoms with van der Waals surface area (Å²) >= 11 is 0. The zero-order valence-electron chi connectivity index (χ0n) is 19.1. The minimum Gasteiger partial charge on any atom is -0.481 e. The van der Waals surface area contributed by atoms with Crippen molar-refractivity contribution in [1.29, 1.82) is 0 Å². The summed E-state index contributed by atoms with van der Waals surface area (Å²) in [6.07, 6.45) is -2.93. The second kappa shape index (κ2) is 7.19. The number of aliphatic hydroxyl groups is 3. The van der Waals surface area contributed by atoms with Crippen LogP contribution in [0.3, 0.4) is 0 Å². The van der Waals surface area contributed by atoms with Crippen molar-refractivity contribution in [3.8, 4) is 0 Å². The molecule has 4 fully saturated rings. The van der Waals surface area contributed by atoms with Crippen molar-refractivity contribution in [3.05, 3.63) is 0 Å². The van der Waals surface area contributed by atoms with Gasteiger partial charge in [-0.2, -0.15) is 0 Å². The van der Waals surface area contributed by atoms with Gasteiger partial charge in [0.15, 0.2) is 5.79 Å². The number of ketones is 1. The number of hydrogen-bond donors (Lipinski definition) is 4. The largest absolute Gasteiger partial charge is 0.481 e. The standard InChI is InChI=1S/C24H36F2O6/c1-4-7-23(31,32)22(19(29)30)9-6-14-15-11-17(25)16-10-13(27)5-8-20(16,2)24(15,26)18(28)12-21(14,22)3/h14-18,28,31-32H,4-12H2,1-3H3,(H,29,30)/t14-,15-,16?,17?,18?,20-,21-,22?,24+/m0/s1. The van der Waals surface area contributed by atoms with Crippen LogP contribution in [0.25, 0.3) is 0 Å². The number of hydrogen-bond acceptors (Lipinski definition) is 5. The highest BCUT2D eigenvalue weighted by atomic mass is 19.1. The fourth-order valence-electron chi connectivity index (χ4n) is 8.80. The summed E-state index contributed by atoms with van der Waals surface area (Å²) < 4.78 is 32.6. The van der Waals surface area contributed by atoms with Crippen LogP contribution >= 0.6 is 0 Å². The van der Waals surface area contributed by atoms with Crippen LogP contribution < -0.4 is 0 Å². The number of Topliss-reactive ketones (excluding diaryl/α,β-unsaturated/α-hetero) is 1. The highest BCUT2D eigenvalue weighted by molar-refractivity contribution is 5.80. The Labute approximate surface area is 187 Å². The average molecular weight is 459 g/mol. The SMILES string of the molecule is CCCC(O)(O)C1(C(=O)O)CC[C@H]2[C@@H]3CC(F)C4CC(=O)CC[C@]4(C)[C@]3(F)C(O)C[C@@]21C. The van der Waals surface area contributed by atoms with E-state index in [0.29, 0.717) is 6.42 Å². The van der Waals surface area contributed by atoms with E-state index in [0.717, 1.165) is 0 Å². The summed E-state index contributed by atoms with van der Waals surface area (Å²) in [5, 5.41) is 43.6. The molecule has 4 rings (SSSR count). The van der Waals surface area contributed by atoms with E-state index in [1.54, 1.807) is 20.8 Å². The molecule has 4 saturated carbocycles. The molecule has 182 valence electrons. The third-order valence-corrected chi connectivity index (χ3v) is 10.4. The van der Waals surface area contributed by atoms with Gasteiger partial charge in [0.1, 0.15) is 23.0 Å². The lowest BCUT2D eigenvalue weighted by atomic mass is 9.40. The number of fused-ring (bicyclic) bond motifs is 5. The molecule has 4 N–H and O–H groups in total. The van der Waals surface area contributed by atoms with Gasteiger partial charge in [-0.3, -0.25) is 9.59 Å². The third-order valence-electron chi connectivity index (χ3n) is 10.4. The predicted molar refractivity (Wildman–Crippen MR) is 111 cm³/mol. The van der Waals surface area contributed by atoms with Gasteiger partial charge in [0.2, 0.25) is 0 Å². The van der Waals surface area contributed by atoms with Gasteiger partial charge < -0.3 is 20.4 Å². The molecule has 9 atom stereocenters. The molecule has 0 aromatic carbocycles. The molecule has 4 aliphatic carbocycles. The van der Waals surface area contributed by atoms with Crippen LogP contribution in [-0.4, -0.2) is 55.9 Å². The highest BCUT2D eigenvalue weighted by Crippen LogP contribution is 2.74. The fraction of sp³-hybridized carbons (Fsp3) is 0.917. The molecule has 0 radical (unpaired) electrons. The molecule has 0 saturated heterocycles. The minimum atomic E-state index is -2.54. The fourth-order valence-corrected chi connectivity index (χ4v) is 8.80. The maximum absolute atomic E-state index is 17.1. The van der Waals surface area contributed by atoms with Crippen LogP contribution in [0.4, 0.5) is 8.78 Å². The molecule has 0 heterocycles. The summed E-state index contributed by atoms with van der Waals surface area (Å²) in [5.41, 5.74) is -6.73. The van der Waals surface area contributed by atoms with Crippen molar-refractivity contribution in [2.45, 2.75) is 102 Å². The van der Waals surface area contributed by atoms with Crippen LogP contribution in [-0.2, 0) is 9.59 Å². The lowest BCUT2D eigenvalue weighted by Gasteiger charge is -2.66. The maximum atomic E-state index is 17.1. The van der Waals surface area contributed by atoms with E-state index in [1.165, 1.54) is 0 Å². The lowest BCUT2D eigenvalue weighted by Crippen LogP contribution is -2.73. The van der Waals surface area contributed by atoms with Gasteiger partial charge in [-0.25, -0.2) is 8.78 Å². The van der Waals surface area contributed by atoms with Crippen molar-refractivity contribution in [2.24, 2.45) is 34.0 Å². The first-order valence-electron chi connectivity index (χ1n) is 11.9. The summed E-state index contributed by atoms with van der Waals surface area (Å²) in [4.78, 5) is 24.7. The van der Waals surface area contributed by atoms with E-state index in [4.69, 9.17) is 0 Å². The van der Waals surface area contributed by atoms with Crippen LogP contribution in [0, 0.1) is 34.0 Å². The van der Waals surface area contributed by atoms with Gasteiger partial charge >= 0.3 is 5.97 Å². The monoisotopic (exact) mass is 458 g/mol. The molecule has 0 spiro atoms. The molecule has 0 amide bonds. The van der Waals surface area contributed by atoms with Crippen molar-refractivity contribution < 1.29 is 38.8 Å². The van der Waals surface area contributed by atoms with Crippen LogP contribution in [0.5, 0.6) is 0 Å². The molecule has 0 aromatic heterocycles. The van der Waals surface area contributed by atoms with Crippen molar-refractivity contribution >= 4 is 11.8 Å². The summed E-state index contributed by atoms with van der Waals surface area (Å²) in [7, 11) is 0. The highest BCUT2D eigenvalue weighted by Gasteiger charge is 2.79. The van der Waals surface area contributed by atoms with E-state index in [2.05, 4.69) is 0 Å². The normalized spacial score (nSPS) is 51.0. The van der Waals surface area contributed by atoms with Crippen LogP contribution in [0.2, 0.25) is 0 Å². The summed E-state index contributed by atoms with van der Waals surface area (Å²) in [6.45, 7) is 4.95. The second-order valence-electron chi connectivity index (χ2n) is 11.5. The Morgan fingerprint density at radius 3 is 2.41 bits per heavy atom. The molecular weight excluding hydrogens is 422 g/mol. The van der Waals surface area contributed by atoms with Gasteiger partial charge in [-0.15, -0.1) is 0 Å². The Morgan fingerprint density at radius 1 is 1.16 bits per heavy atom. The van der Waals surface area contributed by atoms with E-state index in [9.17, 15) is 30.0 Å². The number of carboxylic acids is 1. The van der Waals surface area contributed by atoms with E-state index >= 15 is 8.78 Å². The maximum Gasteiger partial charge on any atom is 0.315 e. The molecule has 6 nitrogen and oxygen atoms in total. The average Bonchev–Trinajstić information content (AvgIpc) is 3.00. The van der Waals surface area contributed by atoms with E-state index in [-0.39, 0.29) is 57.1 Å². The number of rotatable bonds is 4. The first kappa shape index (κ1) is 24.0.